The Balaban J connectivity index is 1.79. The predicted octanol–water partition coefficient (Wildman–Crippen LogP) is 2.54. The molecular formula is C21H29N3O5S. The summed E-state index contributed by atoms with van der Waals surface area (Å²) in [7, 11) is 0.281. The number of ether oxygens (including phenoxy) is 2. The number of benzene rings is 1. The van der Waals surface area contributed by atoms with Gasteiger partial charge in [-0.25, -0.2) is 8.42 Å². The summed E-state index contributed by atoms with van der Waals surface area (Å²) in [6.07, 6.45) is 0.574. The van der Waals surface area contributed by atoms with Gasteiger partial charge in [0.2, 0.25) is 0 Å². The molecule has 3 rings (SSSR count). The van der Waals surface area contributed by atoms with Crippen LogP contribution in [0.3, 0.4) is 0 Å². The zero-order chi connectivity index (χ0) is 22.1. The van der Waals surface area contributed by atoms with Crippen LogP contribution < -0.4 is 9.47 Å². The van der Waals surface area contributed by atoms with Gasteiger partial charge in [0.15, 0.2) is 21.3 Å². The van der Waals surface area contributed by atoms with E-state index in [-0.39, 0.29) is 23.5 Å². The highest BCUT2D eigenvalue weighted by Crippen LogP contribution is 2.30. The monoisotopic (exact) mass is 435 g/mol. The van der Waals surface area contributed by atoms with Crippen molar-refractivity contribution in [3.63, 3.8) is 0 Å². The second kappa shape index (κ2) is 8.67. The van der Waals surface area contributed by atoms with Gasteiger partial charge < -0.3 is 14.4 Å². The first-order valence-corrected chi connectivity index (χ1v) is 11.8. The molecule has 164 valence electrons. The molecule has 1 atom stereocenters. The Morgan fingerprint density at radius 1 is 1.30 bits per heavy atom. The SMILES string of the molecule is CCOc1ccc(C(=O)N(C)Cc2c(C)nn(C3CCS(=O)(=O)C3)c2C)cc1OC. The Labute approximate surface area is 177 Å². The molecule has 1 aliphatic heterocycles. The average Bonchev–Trinajstić information content (AvgIpc) is 3.21. The minimum atomic E-state index is -3.00. The molecule has 1 fully saturated rings. The standard InChI is InChI=1S/C21H29N3O5S/c1-6-29-19-8-7-16(11-20(19)28-5)21(25)23(4)12-18-14(2)22-24(15(18)3)17-9-10-30(26,27)13-17/h7-8,11,17H,6,9-10,12-13H2,1-5H3. The molecule has 1 aliphatic rings. The van der Waals surface area contributed by atoms with Crippen molar-refractivity contribution in [2.75, 3.05) is 32.3 Å². The molecule has 0 saturated carbocycles. The molecule has 1 saturated heterocycles. The summed E-state index contributed by atoms with van der Waals surface area (Å²) >= 11 is 0. The molecule has 8 nitrogen and oxygen atoms in total. The van der Waals surface area contributed by atoms with E-state index < -0.39 is 9.84 Å². The quantitative estimate of drug-likeness (QED) is 0.664. The number of carbonyl (C=O) groups excluding carboxylic acids is 1. The van der Waals surface area contributed by atoms with Gasteiger partial charge in [0.1, 0.15) is 0 Å². The first-order valence-electron chi connectivity index (χ1n) is 9.98. The normalized spacial score (nSPS) is 17.7. The number of sulfone groups is 1. The van der Waals surface area contributed by atoms with Crippen molar-refractivity contribution in [3.8, 4) is 11.5 Å². The van der Waals surface area contributed by atoms with E-state index in [0.717, 1.165) is 17.0 Å². The van der Waals surface area contributed by atoms with E-state index in [1.54, 1.807) is 37.3 Å². The number of nitrogens with zero attached hydrogens (tertiary/aromatic N) is 3. The van der Waals surface area contributed by atoms with Gasteiger partial charge in [0.25, 0.3) is 5.91 Å². The van der Waals surface area contributed by atoms with E-state index in [1.165, 1.54) is 0 Å². The van der Waals surface area contributed by atoms with E-state index in [9.17, 15) is 13.2 Å². The number of methoxy groups -OCH3 is 1. The fourth-order valence-corrected chi connectivity index (χ4v) is 5.55. The van der Waals surface area contributed by atoms with Gasteiger partial charge in [0, 0.05) is 30.4 Å². The number of hydrogen-bond donors (Lipinski definition) is 0. The lowest BCUT2D eigenvalue weighted by atomic mass is 10.1. The Hall–Kier alpha value is -2.55. The minimum Gasteiger partial charge on any atom is -0.493 e. The molecule has 9 heteroatoms. The van der Waals surface area contributed by atoms with Crippen LogP contribution >= 0.6 is 0 Å². The van der Waals surface area contributed by atoms with Crippen molar-refractivity contribution in [3.05, 3.63) is 40.7 Å². The van der Waals surface area contributed by atoms with E-state index in [4.69, 9.17) is 9.47 Å². The highest BCUT2D eigenvalue weighted by molar-refractivity contribution is 7.91. The summed E-state index contributed by atoms with van der Waals surface area (Å²) < 4.78 is 36.4. The van der Waals surface area contributed by atoms with Gasteiger partial charge in [-0.2, -0.15) is 5.10 Å². The third-order valence-electron chi connectivity index (χ3n) is 5.48. The van der Waals surface area contributed by atoms with Crippen LogP contribution in [0.5, 0.6) is 11.5 Å². The molecule has 2 aromatic rings. The van der Waals surface area contributed by atoms with Crippen molar-refractivity contribution in [2.24, 2.45) is 0 Å². The molecule has 1 unspecified atom stereocenters. The van der Waals surface area contributed by atoms with Crippen molar-refractivity contribution in [1.82, 2.24) is 14.7 Å². The molecule has 0 aliphatic carbocycles. The Morgan fingerprint density at radius 2 is 2.03 bits per heavy atom. The van der Waals surface area contributed by atoms with Crippen molar-refractivity contribution in [2.45, 2.75) is 39.8 Å². The molecule has 1 amide bonds. The number of amides is 1. The summed E-state index contributed by atoms with van der Waals surface area (Å²) in [5.74, 6) is 1.28. The molecule has 0 N–H and O–H groups in total. The second-order valence-electron chi connectivity index (χ2n) is 7.61. The Morgan fingerprint density at radius 3 is 2.63 bits per heavy atom. The summed E-state index contributed by atoms with van der Waals surface area (Å²) in [6.45, 7) is 6.59. The first-order chi connectivity index (χ1) is 14.2. The maximum Gasteiger partial charge on any atom is 0.254 e. The number of aryl methyl sites for hydroxylation is 1. The van der Waals surface area contributed by atoms with Gasteiger partial charge in [0.05, 0.1) is 37.0 Å². The zero-order valence-corrected chi connectivity index (χ0v) is 19.0. The third-order valence-corrected chi connectivity index (χ3v) is 7.23. The van der Waals surface area contributed by atoms with E-state index in [1.807, 2.05) is 25.5 Å². The molecule has 1 aromatic carbocycles. The van der Waals surface area contributed by atoms with E-state index in [2.05, 4.69) is 5.10 Å². The van der Waals surface area contributed by atoms with Crippen molar-refractivity contribution < 1.29 is 22.7 Å². The number of aromatic nitrogens is 2. The number of carbonyl (C=O) groups is 1. The molecule has 0 bridgehead atoms. The lowest BCUT2D eigenvalue weighted by molar-refractivity contribution is 0.0784. The van der Waals surface area contributed by atoms with Gasteiger partial charge in [-0.3, -0.25) is 9.48 Å². The fraction of sp³-hybridized carbons (Fsp3) is 0.524. The topological polar surface area (TPSA) is 90.7 Å². The predicted molar refractivity (Wildman–Crippen MR) is 114 cm³/mol. The van der Waals surface area contributed by atoms with Crippen LogP contribution in [0.1, 0.15) is 46.7 Å². The highest BCUT2D eigenvalue weighted by atomic mass is 32.2. The lowest BCUT2D eigenvalue weighted by Crippen LogP contribution is -2.27. The molecule has 0 spiro atoms. The van der Waals surface area contributed by atoms with Crippen LogP contribution in [0.15, 0.2) is 18.2 Å². The lowest BCUT2D eigenvalue weighted by Gasteiger charge is -2.19. The molecule has 0 radical (unpaired) electrons. The molecular weight excluding hydrogens is 406 g/mol. The third kappa shape index (κ3) is 4.45. The van der Waals surface area contributed by atoms with Crippen LogP contribution in [-0.4, -0.2) is 61.3 Å². The molecule has 1 aromatic heterocycles. The maximum atomic E-state index is 13.0. The van der Waals surface area contributed by atoms with Crippen LogP contribution in [0.4, 0.5) is 0 Å². The van der Waals surface area contributed by atoms with Crippen LogP contribution in [0.25, 0.3) is 0 Å². The fourth-order valence-electron chi connectivity index (χ4n) is 3.85. The smallest absolute Gasteiger partial charge is 0.254 e. The van der Waals surface area contributed by atoms with Crippen molar-refractivity contribution >= 4 is 15.7 Å². The van der Waals surface area contributed by atoms with Crippen LogP contribution in [-0.2, 0) is 16.4 Å². The van der Waals surface area contributed by atoms with Gasteiger partial charge in [-0.05, 0) is 45.4 Å². The average molecular weight is 436 g/mol. The Bertz CT molecular complexity index is 1050. The van der Waals surface area contributed by atoms with Gasteiger partial charge in [-0.1, -0.05) is 0 Å². The number of hydrogen-bond acceptors (Lipinski definition) is 6. The maximum absolute atomic E-state index is 13.0. The minimum absolute atomic E-state index is 0.120. The first kappa shape index (κ1) is 22.1. The number of rotatable bonds is 7. The Kier molecular flexibility index (Phi) is 6.40. The zero-order valence-electron chi connectivity index (χ0n) is 18.1. The van der Waals surface area contributed by atoms with Crippen LogP contribution in [0.2, 0.25) is 0 Å². The largest absolute Gasteiger partial charge is 0.493 e. The van der Waals surface area contributed by atoms with Gasteiger partial charge >= 0.3 is 0 Å². The molecule has 30 heavy (non-hydrogen) atoms. The van der Waals surface area contributed by atoms with E-state index >= 15 is 0 Å². The van der Waals surface area contributed by atoms with Crippen molar-refractivity contribution in [1.29, 1.82) is 0 Å². The summed E-state index contributed by atoms with van der Waals surface area (Å²) in [5.41, 5.74) is 3.15. The highest BCUT2D eigenvalue weighted by Gasteiger charge is 2.31. The van der Waals surface area contributed by atoms with Crippen LogP contribution in [0, 0.1) is 13.8 Å². The summed E-state index contributed by atoms with van der Waals surface area (Å²) in [4.78, 5) is 14.6. The molecule has 2 heterocycles. The summed E-state index contributed by atoms with van der Waals surface area (Å²) in [5, 5.41) is 4.58. The van der Waals surface area contributed by atoms with Gasteiger partial charge in [-0.15, -0.1) is 0 Å². The second-order valence-corrected chi connectivity index (χ2v) is 9.84. The van der Waals surface area contributed by atoms with E-state index in [0.29, 0.717) is 36.6 Å². The summed E-state index contributed by atoms with van der Waals surface area (Å²) in [6, 6.07) is 4.99.